The van der Waals surface area contributed by atoms with Crippen LogP contribution in [0, 0.1) is 10.5 Å². The highest BCUT2D eigenvalue weighted by Gasteiger charge is 2.07. The highest BCUT2D eigenvalue weighted by atomic mass is 127. The van der Waals surface area contributed by atoms with Gasteiger partial charge in [0.1, 0.15) is 0 Å². The molecule has 0 saturated carbocycles. The van der Waals surface area contributed by atoms with Crippen molar-refractivity contribution in [1.29, 1.82) is 0 Å². The van der Waals surface area contributed by atoms with Gasteiger partial charge in [-0.25, -0.2) is 0 Å². The molecule has 0 fully saturated rings. The Morgan fingerprint density at radius 2 is 2.00 bits per heavy atom. The van der Waals surface area contributed by atoms with Crippen LogP contribution in [0.5, 0.6) is 0 Å². The fourth-order valence-corrected chi connectivity index (χ4v) is 2.42. The number of aryl methyl sites for hydroxylation is 1. The molecule has 1 amide bonds. The van der Waals surface area contributed by atoms with Crippen molar-refractivity contribution in [3.63, 3.8) is 0 Å². The second-order valence-electron chi connectivity index (χ2n) is 3.93. The van der Waals surface area contributed by atoms with Crippen molar-refractivity contribution < 1.29 is 4.79 Å². The lowest BCUT2D eigenvalue weighted by Gasteiger charge is -2.07. The fraction of sp³-hybridized carbons (Fsp3) is 0.0714. The van der Waals surface area contributed by atoms with Crippen LogP contribution in [-0.2, 0) is 0 Å². The van der Waals surface area contributed by atoms with E-state index in [2.05, 4.69) is 43.8 Å². The normalized spacial score (nSPS) is 10.2. The number of benzene rings is 2. The summed E-state index contributed by atoms with van der Waals surface area (Å²) < 4.78 is 2.04. The lowest BCUT2D eigenvalue weighted by molar-refractivity contribution is 0.102. The molecule has 0 heterocycles. The van der Waals surface area contributed by atoms with Crippen LogP contribution in [0.15, 0.2) is 46.9 Å². The molecule has 1 N–H and O–H groups in total. The lowest BCUT2D eigenvalue weighted by Crippen LogP contribution is -2.12. The van der Waals surface area contributed by atoms with Crippen LogP contribution >= 0.6 is 38.5 Å². The number of carbonyl (C=O) groups excluding carboxylic acids is 1. The summed E-state index contributed by atoms with van der Waals surface area (Å²) in [5.41, 5.74) is 2.63. The molecular weight excluding hydrogens is 405 g/mol. The summed E-state index contributed by atoms with van der Waals surface area (Å²) in [5, 5.41) is 2.87. The third kappa shape index (κ3) is 3.32. The van der Waals surface area contributed by atoms with E-state index in [9.17, 15) is 4.79 Å². The third-order valence-corrected chi connectivity index (χ3v) is 4.17. The molecule has 0 spiro atoms. The average molecular weight is 416 g/mol. The number of amides is 1. The maximum atomic E-state index is 12.1. The summed E-state index contributed by atoms with van der Waals surface area (Å²) in [7, 11) is 0. The summed E-state index contributed by atoms with van der Waals surface area (Å²) in [6.45, 7) is 2.03. The standard InChI is InChI=1S/C14H11BrINO/c1-9-5-6-10(7-13(9)16)14(18)17-12-4-2-3-11(15)8-12/h2-8H,1H3,(H,17,18). The predicted octanol–water partition coefficient (Wildman–Crippen LogP) is 4.61. The quantitative estimate of drug-likeness (QED) is 0.712. The molecule has 2 rings (SSSR count). The van der Waals surface area contributed by atoms with E-state index < -0.39 is 0 Å². The molecule has 18 heavy (non-hydrogen) atoms. The Labute approximate surface area is 128 Å². The Morgan fingerprint density at radius 3 is 2.67 bits per heavy atom. The van der Waals surface area contributed by atoms with Gasteiger partial charge in [-0.05, 0) is 65.4 Å². The number of anilines is 1. The van der Waals surface area contributed by atoms with E-state index in [1.54, 1.807) is 0 Å². The summed E-state index contributed by atoms with van der Waals surface area (Å²) in [5.74, 6) is -0.0917. The van der Waals surface area contributed by atoms with E-state index >= 15 is 0 Å². The van der Waals surface area contributed by atoms with Crippen molar-refractivity contribution in [2.45, 2.75) is 6.92 Å². The van der Waals surface area contributed by atoms with Gasteiger partial charge < -0.3 is 5.32 Å². The first-order chi connectivity index (χ1) is 8.56. The maximum Gasteiger partial charge on any atom is 0.255 e. The Kier molecular flexibility index (Phi) is 4.40. The van der Waals surface area contributed by atoms with Crippen molar-refractivity contribution in [1.82, 2.24) is 0 Å². The number of hydrogen-bond donors (Lipinski definition) is 1. The number of hydrogen-bond acceptors (Lipinski definition) is 1. The molecule has 2 aromatic carbocycles. The van der Waals surface area contributed by atoms with Crippen molar-refractivity contribution in [2.75, 3.05) is 5.32 Å². The second kappa shape index (κ2) is 5.84. The summed E-state index contributed by atoms with van der Waals surface area (Å²) in [6, 6.07) is 13.2. The van der Waals surface area contributed by atoms with E-state index in [1.165, 1.54) is 5.56 Å². The number of nitrogens with one attached hydrogen (secondary N) is 1. The van der Waals surface area contributed by atoms with Crippen LogP contribution in [0.4, 0.5) is 5.69 Å². The lowest BCUT2D eigenvalue weighted by atomic mass is 10.1. The first kappa shape index (κ1) is 13.5. The van der Waals surface area contributed by atoms with E-state index in [0.717, 1.165) is 13.7 Å². The van der Waals surface area contributed by atoms with Gasteiger partial charge >= 0.3 is 0 Å². The summed E-state index contributed by atoms with van der Waals surface area (Å²) >= 11 is 5.61. The zero-order valence-corrected chi connectivity index (χ0v) is 13.4. The molecule has 2 nitrogen and oxygen atoms in total. The van der Waals surface area contributed by atoms with Gasteiger partial charge in [0.15, 0.2) is 0 Å². The maximum absolute atomic E-state index is 12.1. The van der Waals surface area contributed by atoms with Crippen LogP contribution in [0.1, 0.15) is 15.9 Å². The van der Waals surface area contributed by atoms with Crippen LogP contribution in [0.2, 0.25) is 0 Å². The minimum absolute atomic E-state index is 0.0917. The SMILES string of the molecule is Cc1ccc(C(=O)Nc2cccc(Br)c2)cc1I. The van der Waals surface area contributed by atoms with E-state index in [0.29, 0.717) is 5.56 Å². The van der Waals surface area contributed by atoms with E-state index in [-0.39, 0.29) is 5.91 Å². The second-order valence-corrected chi connectivity index (χ2v) is 6.01. The Bertz CT molecular complexity index is 598. The molecule has 2 aromatic rings. The topological polar surface area (TPSA) is 29.1 Å². The predicted molar refractivity (Wildman–Crippen MR) is 86.0 cm³/mol. The summed E-state index contributed by atoms with van der Waals surface area (Å²) in [4.78, 5) is 12.1. The molecular formula is C14H11BrINO. The molecule has 0 aromatic heterocycles. The summed E-state index contributed by atoms with van der Waals surface area (Å²) in [6.07, 6.45) is 0. The molecule has 0 radical (unpaired) electrons. The van der Waals surface area contributed by atoms with Gasteiger partial charge in [0.25, 0.3) is 5.91 Å². The van der Waals surface area contributed by atoms with Gasteiger partial charge in [-0.2, -0.15) is 0 Å². The zero-order chi connectivity index (χ0) is 13.1. The highest BCUT2D eigenvalue weighted by Crippen LogP contribution is 2.18. The smallest absolute Gasteiger partial charge is 0.255 e. The molecule has 0 aliphatic heterocycles. The molecule has 92 valence electrons. The minimum atomic E-state index is -0.0917. The van der Waals surface area contributed by atoms with Crippen LogP contribution < -0.4 is 5.32 Å². The molecule has 4 heteroatoms. The van der Waals surface area contributed by atoms with Crippen LogP contribution in [0.25, 0.3) is 0 Å². The Hall–Kier alpha value is -0.880. The Balaban J connectivity index is 2.19. The van der Waals surface area contributed by atoms with Crippen molar-refractivity contribution in [3.05, 3.63) is 61.6 Å². The van der Waals surface area contributed by atoms with Crippen molar-refractivity contribution in [3.8, 4) is 0 Å². The van der Waals surface area contributed by atoms with Gasteiger partial charge in [-0.3, -0.25) is 4.79 Å². The zero-order valence-electron chi connectivity index (χ0n) is 9.71. The minimum Gasteiger partial charge on any atom is -0.322 e. The Morgan fingerprint density at radius 1 is 1.22 bits per heavy atom. The molecule has 0 atom stereocenters. The average Bonchev–Trinajstić information content (AvgIpc) is 2.32. The molecule has 0 saturated heterocycles. The van der Waals surface area contributed by atoms with Crippen molar-refractivity contribution in [2.24, 2.45) is 0 Å². The highest BCUT2D eigenvalue weighted by molar-refractivity contribution is 14.1. The number of rotatable bonds is 2. The van der Waals surface area contributed by atoms with Gasteiger partial charge in [0.2, 0.25) is 0 Å². The molecule has 0 unspecified atom stereocenters. The molecule has 0 aliphatic rings. The number of halogens is 2. The molecule has 0 bridgehead atoms. The van der Waals surface area contributed by atoms with Gasteiger partial charge in [-0.15, -0.1) is 0 Å². The first-order valence-corrected chi connectivity index (χ1v) is 7.26. The largest absolute Gasteiger partial charge is 0.322 e. The van der Waals surface area contributed by atoms with Gasteiger partial charge in [0, 0.05) is 19.3 Å². The van der Waals surface area contributed by atoms with Crippen LogP contribution in [0.3, 0.4) is 0 Å². The van der Waals surface area contributed by atoms with Gasteiger partial charge in [-0.1, -0.05) is 28.1 Å². The van der Waals surface area contributed by atoms with E-state index in [4.69, 9.17) is 0 Å². The van der Waals surface area contributed by atoms with E-state index in [1.807, 2.05) is 49.4 Å². The van der Waals surface area contributed by atoms with Crippen LogP contribution in [-0.4, -0.2) is 5.91 Å². The van der Waals surface area contributed by atoms with Crippen molar-refractivity contribution >= 4 is 50.1 Å². The first-order valence-electron chi connectivity index (χ1n) is 5.39. The monoisotopic (exact) mass is 415 g/mol. The third-order valence-electron chi connectivity index (χ3n) is 2.52. The molecule has 0 aliphatic carbocycles. The number of carbonyl (C=O) groups is 1. The fourth-order valence-electron chi connectivity index (χ4n) is 1.50. The van der Waals surface area contributed by atoms with Gasteiger partial charge in [0.05, 0.1) is 0 Å².